The lowest BCUT2D eigenvalue weighted by Gasteiger charge is -2.14. The van der Waals surface area contributed by atoms with E-state index in [1.807, 2.05) is 23.6 Å². The third-order valence-electron chi connectivity index (χ3n) is 3.76. The van der Waals surface area contributed by atoms with Gasteiger partial charge >= 0.3 is 0 Å². The second-order valence-electron chi connectivity index (χ2n) is 5.37. The van der Waals surface area contributed by atoms with Gasteiger partial charge in [-0.3, -0.25) is 4.98 Å². The van der Waals surface area contributed by atoms with Crippen LogP contribution in [0.15, 0.2) is 24.4 Å². The smallest absolute Gasteiger partial charge is 0.114 e. The number of hydrogen-bond donors (Lipinski definition) is 0. The molecule has 106 valence electrons. The summed E-state index contributed by atoms with van der Waals surface area (Å²) in [5, 5.41) is 2.68. The maximum absolute atomic E-state index is 4.74. The third-order valence-corrected chi connectivity index (χ3v) is 5.04. The molecular weight excluding hydrogens is 266 g/mol. The normalized spacial score (nSPS) is 14.9. The Labute approximate surface area is 124 Å². The summed E-state index contributed by atoms with van der Waals surface area (Å²) in [5.41, 5.74) is 2.39. The van der Waals surface area contributed by atoms with Crippen molar-refractivity contribution in [2.45, 2.75) is 39.0 Å². The van der Waals surface area contributed by atoms with Crippen LogP contribution in [0.2, 0.25) is 0 Å². The molecule has 4 heteroatoms. The van der Waals surface area contributed by atoms with Crippen LogP contribution in [-0.4, -0.2) is 23.1 Å². The van der Waals surface area contributed by atoms with Crippen molar-refractivity contribution in [3.05, 3.63) is 40.8 Å². The van der Waals surface area contributed by atoms with Crippen molar-refractivity contribution in [3.63, 3.8) is 0 Å². The molecule has 0 atom stereocenters. The van der Waals surface area contributed by atoms with Crippen molar-refractivity contribution < 1.29 is 0 Å². The van der Waals surface area contributed by atoms with E-state index in [0.29, 0.717) is 0 Å². The molecule has 3 nitrogen and oxygen atoms in total. The highest BCUT2D eigenvalue weighted by Crippen LogP contribution is 2.31. The molecule has 1 saturated heterocycles. The van der Waals surface area contributed by atoms with E-state index in [9.17, 15) is 0 Å². The molecule has 1 fully saturated rings. The largest absolute Gasteiger partial charge is 0.362 e. The molecule has 0 saturated carbocycles. The number of aryl methyl sites for hydroxylation is 3. The Morgan fingerprint density at radius 3 is 2.80 bits per heavy atom. The standard InChI is InChI=1S/C16H21N3S/c1-13-16(19-11-4-5-12-19)20-15(18-13)9-6-8-14-7-2-3-10-17-14/h2-3,7,10H,4-6,8-9,11-12H2,1H3. The summed E-state index contributed by atoms with van der Waals surface area (Å²) in [7, 11) is 0. The predicted octanol–water partition coefficient (Wildman–Crippen LogP) is 3.62. The molecule has 1 aliphatic rings. The van der Waals surface area contributed by atoms with E-state index in [4.69, 9.17) is 4.98 Å². The highest BCUT2D eigenvalue weighted by Gasteiger charge is 2.18. The third kappa shape index (κ3) is 3.18. The maximum Gasteiger partial charge on any atom is 0.114 e. The van der Waals surface area contributed by atoms with Crippen LogP contribution in [0.4, 0.5) is 5.00 Å². The number of anilines is 1. The van der Waals surface area contributed by atoms with Gasteiger partial charge in [-0.1, -0.05) is 6.07 Å². The van der Waals surface area contributed by atoms with Crippen LogP contribution in [0.3, 0.4) is 0 Å². The molecule has 0 aliphatic carbocycles. The van der Waals surface area contributed by atoms with Crippen molar-refractivity contribution in [2.24, 2.45) is 0 Å². The Bertz CT molecular complexity index is 544. The lowest BCUT2D eigenvalue weighted by molar-refractivity contribution is 0.792. The average Bonchev–Trinajstić information content (AvgIpc) is 3.09. The van der Waals surface area contributed by atoms with Gasteiger partial charge in [0.05, 0.1) is 10.7 Å². The molecule has 3 rings (SSSR count). The van der Waals surface area contributed by atoms with Crippen LogP contribution >= 0.6 is 11.3 Å². The van der Waals surface area contributed by atoms with Gasteiger partial charge in [0.1, 0.15) is 5.00 Å². The molecule has 0 N–H and O–H groups in total. The van der Waals surface area contributed by atoms with Crippen molar-refractivity contribution in [3.8, 4) is 0 Å². The summed E-state index contributed by atoms with van der Waals surface area (Å²) in [6.45, 7) is 4.55. The molecule has 3 heterocycles. The van der Waals surface area contributed by atoms with Crippen LogP contribution in [0.1, 0.15) is 35.7 Å². The minimum absolute atomic E-state index is 1.04. The molecule has 0 bridgehead atoms. The van der Waals surface area contributed by atoms with Crippen LogP contribution < -0.4 is 4.90 Å². The topological polar surface area (TPSA) is 29.0 Å². The molecule has 2 aromatic rings. The monoisotopic (exact) mass is 287 g/mol. The molecule has 0 aromatic carbocycles. The van der Waals surface area contributed by atoms with Gasteiger partial charge in [0.15, 0.2) is 0 Å². The predicted molar refractivity (Wildman–Crippen MR) is 84.6 cm³/mol. The fourth-order valence-corrected chi connectivity index (χ4v) is 3.89. The van der Waals surface area contributed by atoms with Crippen molar-refractivity contribution in [1.82, 2.24) is 9.97 Å². The van der Waals surface area contributed by atoms with Gasteiger partial charge in [-0.25, -0.2) is 4.98 Å². The van der Waals surface area contributed by atoms with E-state index < -0.39 is 0 Å². The first-order chi connectivity index (χ1) is 9.83. The first-order valence-corrected chi connectivity index (χ1v) is 8.26. The van der Waals surface area contributed by atoms with Crippen molar-refractivity contribution in [1.29, 1.82) is 0 Å². The Morgan fingerprint density at radius 1 is 1.20 bits per heavy atom. The van der Waals surface area contributed by atoms with Crippen LogP contribution in [-0.2, 0) is 12.8 Å². The second kappa shape index (κ2) is 6.35. The minimum Gasteiger partial charge on any atom is -0.362 e. The number of nitrogens with zero attached hydrogens (tertiary/aromatic N) is 3. The maximum atomic E-state index is 4.74. The first kappa shape index (κ1) is 13.6. The molecule has 20 heavy (non-hydrogen) atoms. The van der Waals surface area contributed by atoms with Gasteiger partial charge < -0.3 is 4.90 Å². The van der Waals surface area contributed by atoms with E-state index in [1.165, 1.54) is 47.3 Å². The lowest BCUT2D eigenvalue weighted by atomic mass is 10.2. The Balaban J connectivity index is 1.56. The fourth-order valence-electron chi connectivity index (χ4n) is 2.73. The molecular formula is C16H21N3S. The molecule has 0 radical (unpaired) electrons. The Kier molecular flexibility index (Phi) is 4.31. The number of aromatic nitrogens is 2. The van der Waals surface area contributed by atoms with Gasteiger partial charge in [0, 0.05) is 25.0 Å². The Morgan fingerprint density at radius 2 is 2.05 bits per heavy atom. The van der Waals surface area contributed by atoms with Crippen LogP contribution in [0, 0.1) is 6.92 Å². The zero-order chi connectivity index (χ0) is 13.8. The summed E-state index contributed by atoms with van der Waals surface area (Å²) in [6.07, 6.45) is 7.75. The summed E-state index contributed by atoms with van der Waals surface area (Å²) in [5.74, 6) is 0. The SMILES string of the molecule is Cc1nc(CCCc2ccccn2)sc1N1CCCC1. The highest BCUT2D eigenvalue weighted by molar-refractivity contribution is 7.15. The summed E-state index contributed by atoms with van der Waals surface area (Å²) in [6, 6.07) is 6.13. The van der Waals surface area contributed by atoms with E-state index in [0.717, 1.165) is 19.3 Å². The second-order valence-corrected chi connectivity index (χ2v) is 6.43. The number of hydrogen-bond acceptors (Lipinski definition) is 4. The molecule has 2 aromatic heterocycles. The zero-order valence-electron chi connectivity index (χ0n) is 12.0. The fraction of sp³-hybridized carbons (Fsp3) is 0.500. The minimum atomic E-state index is 1.04. The number of rotatable bonds is 5. The quantitative estimate of drug-likeness (QED) is 0.841. The van der Waals surface area contributed by atoms with Gasteiger partial charge in [-0.2, -0.15) is 0 Å². The Hall–Kier alpha value is -1.42. The van der Waals surface area contributed by atoms with Crippen molar-refractivity contribution in [2.75, 3.05) is 18.0 Å². The van der Waals surface area contributed by atoms with E-state index in [-0.39, 0.29) is 0 Å². The van der Waals surface area contributed by atoms with E-state index in [1.54, 1.807) is 0 Å². The summed E-state index contributed by atoms with van der Waals surface area (Å²) in [4.78, 5) is 11.6. The van der Waals surface area contributed by atoms with Crippen LogP contribution in [0.5, 0.6) is 0 Å². The van der Waals surface area contributed by atoms with Gasteiger partial charge in [-0.15, -0.1) is 11.3 Å². The molecule has 0 amide bonds. The summed E-state index contributed by atoms with van der Waals surface area (Å²) >= 11 is 1.89. The van der Waals surface area contributed by atoms with Crippen molar-refractivity contribution >= 4 is 16.3 Å². The molecule has 1 aliphatic heterocycles. The molecule has 0 unspecified atom stereocenters. The van der Waals surface area contributed by atoms with Crippen LogP contribution in [0.25, 0.3) is 0 Å². The lowest BCUT2D eigenvalue weighted by Crippen LogP contribution is -2.16. The number of pyridine rings is 1. The average molecular weight is 287 g/mol. The zero-order valence-corrected chi connectivity index (χ0v) is 12.8. The van der Waals surface area contributed by atoms with E-state index in [2.05, 4.69) is 28.9 Å². The van der Waals surface area contributed by atoms with Gasteiger partial charge in [-0.05, 0) is 51.2 Å². The van der Waals surface area contributed by atoms with Gasteiger partial charge in [0.25, 0.3) is 0 Å². The highest BCUT2D eigenvalue weighted by atomic mass is 32.1. The molecule has 0 spiro atoms. The van der Waals surface area contributed by atoms with E-state index >= 15 is 0 Å². The number of thiazole rings is 1. The summed E-state index contributed by atoms with van der Waals surface area (Å²) < 4.78 is 0. The van der Waals surface area contributed by atoms with Gasteiger partial charge in [0.2, 0.25) is 0 Å². The first-order valence-electron chi connectivity index (χ1n) is 7.44.